The Bertz CT molecular complexity index is 1140. The first kappa shape index (κ1) is 20.6. The number of nitrogens with one attached hydrogen (secondary N) is 1. The summed E-state index contributed by atoms with van der Waals surface area (Å²) in [4.78, 5) is 23.3. The minimum atomic E-state index is -3.44. The van der Waals surface area contributed by atoms with E-state index in [0.29, 0.717) is 5.01 Å². The Balaban J connectivity index is 1.61. The molecule has 0 spiro atoms. The van der Waals surface area contributed by atoms with Crippen LogP contribution in [0.4, 0.5) is 5.13 Å². The number of aromatic nitrogens is 2. The average Bonchev–Trinajstić information content (AvgIpc) is 3.14. The Hall–Kier alpha value is -3.11. The fourth-order valence-electron chi connectivity index (χ4n) is 2.42. The molecule has 2 aromatic carbocycles. The van der Waals surface area contributed by atoms with Gasteiger partial charge in [-0.3, -0.25) is 10.1 Å². The van der Waals surface area contributed by atoms with Crippen LogP contribution in [0.1, 0.15) is 31.3 Å². The summed E-state index contributed by atoms with van der Waals surface area (Å²) < 4.78 is 24.8. The van der Waals surface area contributed by atoms with Gasteiger partial charge >= 0.3 is 5.97 Å². The molecule has 2 N–H and O–H groups in total. The van der Waals surface area contributed by atoms with Crippen LogP contribution in [-0.2, 0) is 16.3 Å². The van der Waals surface area contributed by atoms with Crippen molar-refractivity contribution in [2.24, 2.45) is 0 Å². The van der Waals surface area contributed by atoms with Crippen LogP contribution in [0.3, 0.4) is 0 Å². The third kappa shape index (κ3) is 5.24. The summed E-state index contributed by atoms with van der Waals surface area (Å²) >= 11 is 1.09. The summed E-state index contributed by atoms with van der Waals surface area (Å²) in [5, 5.41) is 20.0. The monoisotopic (exact) mass is 431 g/mol. The number of aromatic carboxylic acids is 1. The molecular formula is C19H17N3O5S2. The molecule has 1 amide bonds. The Kier molecular flexibility index (Phi) is 6.04. The van der Waals surface area contributed by atoms with Crippen LogP contribution < -0.4 is 5.32 Å². The molecule has 3 rings (SSSR count). The quantitative estimate of drug-likeness (QED) is 0.589. The SMILES string of the molecule is Cc1ccc(S(=O)(=O)CCc2nnc(NC(=O)c3ccc(C(=O)O)cc3)s2)cc1. The highest BCUT2D eigenvalue weighted by molar-refractivity contribution is 7.91. The van der Waals surface area contributed by atoms with Crippen LogP contribution in [0.5, 0.6) is 0 Å². The average molecular weight is 431 g/mol. The van der Waals surface area contributed by atoms with Crippen molar-refractivity contribution in [3.63, 3.8) is 0 Å². The van der Waals surface area contributed by atoms with Crippen molar-refractivity contribution in [1.82, 2.24) is 10.2 Å². The number of anilines is 1. The number of nitrogens with zero attached hydrogens (tertiary/aromatic N) is 2. The van der Waals surface area contributed by atoms with Crippen molar-refractivity contribution >= 4 is 38.2 Å². The zero-order valence-corrected chi connectivity index (χ0v) is 17.0. The summed E-state index contributed by atoms with van der Waals surface area (Å²) in [7, 11) is -3.44. The highest BCUT2D eigenvalue weighted by Gasteiger charge is 2.17. The van der Waals surface area contributed by atoms with Crippen molar-refractivity contribution in [2.75, 3.05) is 11.1 Å². The normalized spacial score (nSPS) is 11.2. The summed E-state index contributed by atoms with van der Waals surface area (Å²) in [6, 6.07) is 12.1. The van der Waals surface area contributed by atoms with E-state index in [0.717, 1.165) is 16.9 Å². The lowest BCUT2D eigenvalue weighted by molar-refractivity contribution is 0.0696. The smallest absolute Gasteiger partial charge is 0.335 e. The third-order valence-corrected chi connectivity index (χ3v) is 6.68. The minimum absolute atomic E-state index is 0.0783. The predicted molar refractivity (Wildman–Crippen MR) is 108 cm³/mol. The lowest BCUT2D eigenvalue weighted by atomic mass is 10.1. The van der Waals surface area contributed by atoms with Gasteiger partial charge in [0.25, 0.3) is 5.91 Å². The van der Waals surface area contributed by atoms with Crippen LogP contribution in [0.15, 0.2) is 53.4 Å². The van der Waals surface area contributed by atoms with Crippen LogP contribution >= 0.6 is 11.3 Å². The molecule has 29 heavy (non-hydrogen) atoms. The van der Waals surface area contributed by atoms with E-state index in [1.165, 1.54) is 24.3 Å². The van der Waals surface area contributed by atoms with Gasteiger partial charge in [0.15, 0.2) is 9.84 Å². The summed E-state index contributed by atoms with van der Waals surface area (Å²) in [5.74, 6) is -1.65. The van der Waals surface area contributed by atoms with Gasteiger partial charge in [0.05, 0.1) is 16.2 Å². The van der Waals surface area contributed by atoms with E-state index in [-0.39, 0.29) is 33.3 Å². The molecule has 0 aliphatic carbocycles. The van der Waals surface area contributed by atoms with Gasteiger partial charge in [0, 0.05) is 12.0 Å². The number of rotatable bonds is 7. The zero-order chi connectivity index (χ0) is 21.0. The summed E-state index contributed by atoms with van der Waals surface area (Å²) in [6.45, 7) is 1.88. The van der Waals surface area contributed by atoms with Gasteiger partial charge in [-0.2, -0.15) is 0 Å². The maximum Gasteiger partial charge on any atom is 0.335 e. The maximum atomic E-state index is 12.4. The molecule has 150 valence electrons. The van der Waals surface area contributed by atoms with Gasteiger partial charge in [0.2, 0.25) is 5.13 Å². The Morgan fingerprint density at radius 1 is 1.00 bits per heavy atom. The van der Waals surface area contributed by atoms with Gasteiger partial charge in [0.1, 0.15) is 5.01 Å². The van der Waals surface area contributed by atoms with Gasteiger partial charge in [-0.25, -0.2) is 13.2 Å². The molecule has 0 fully saturated rings. The molecule has 0 aliphatic heterocycles. The third-order valence-electron chi connectivity index (χ3n) is 4.05. The number of carbonyl (C=O) groups is 2. The van der Waals surface area contributed by atoms with Crippen LogP contribution in [-0.4, -0.2) is 41.4 Å². The number of aryl methyl sites for hydroxylation is 2. The fourth-order valence-corrected chi connectivity index (χ4v) is 4.54. The largest absolute Gasteiger partial charge is 0.478 e. The highest BCUT2D eigenvalue weighted by atomic mass is 32.2. The second-order valence-electron chi connectivity index (χ2n) is 6.22. The van der Waals surface area contributed by atoms with Crippen LogP contribution in [0, 0.1) is 6.92 Å². The Morgan fingerprint density at radius 3 is 2.24 bits per heavy atom. The molecule has 0 saturated carbocycles. The van der Waals surface area contributed by atoms with Crippen molar-refractivity contribution in [3.8, 4) is 0 Å². The van der Waals surface area contributed by atoms with Crippen LogP contribution in [0.25, 0.3) is 0 Å². The summed E-state index contributed by atoms with van der Waals surface area (Å²) in [5.41, 5.74) is 1.33. The van der Waals surface area contributed by atoms with Crippen molar-refractivity contribution in [1.29, 1.82) is 0 Å². The molecule has 0 radical (unpaired) electrons. The molecule has 1 heterocycles. The predicted octanol–water partition coefficient (Wildman–Crippen LogP) is 2.81. The minimum Gasteiger partial charge on any atom is -0.478 e. The summed E-state index contributed by atoms with van der Waals surface area (Å²) in [6.07, 6.45) is 0.178. The fraction of sp³-hybridized carbons (Fsp3) is 0.158. The number of sulfone groups is 1. The number of amides is 1. The molecule has 8 nitrogen and oxygen atoms in total. The lowest BCUT2D eigenvalue weighted by Gasteiger charge is -2.03. The Labute approximate surface area is 171 Å². The molecule has 0 aliphatic rings. The first-order valence-corrected chi connectivity index (χ1v) is 11.0. The molecule has 0 unspecified atom stereocenters. The van der Waals surface area contributed by atoms with E-state index in [9.17, 15) is 18.0 Å². The number of carboxylic acid groups (broad SMARTS) is 1. The van der Waals surface area contributed by atoms with Gasteiger partial charge in [-0.15, -0.1) is 10.2 Å². The molecule has 0 atom stereocenters. The molecule has 3 aromatic rings. The molecule has 10 heteroatoms. The maximum absolute atomic E-state index is 12.4. The standard InChI is InChI=1S/C19H17N3O5S2/c1-12-2-8-15(9-3-12)29(26,27)11-10-16-21-22-19(28-16)20-17(23)13-4-6-14(7-5-13)18(24)25/h2-9H,10-11H2,1H3,(H,24,25)(H,20,22,23). The van der Waals surface area contributed by atoms with Gasteiger partial charge < -0.3 is 5.11 Å². The van der Waals surface area contributed by atoms with Gasteiger partial charge in [-0.05, 0) is 43.3 Å². The molecule has 0 saturated heterocycles. The van der Waals surface area contributed by atoms with Crippen molar-refractivity contribution in [3.05, 3.63) is 70.2 Å². The first-order chi connectivity index (χ1) is 13.7. The number of carboxylic acids is 1. The molecular weight excluding hydrogens is 414 g/mol. The van der Waals surface area contributed by atoms with E-state index in [1.54, 1.807) is 24.3 Å². The van der Waals surface area contributed by atoms with Crippen molar-refractivity contribution < 1.29 is 23.1 Å². The van der Waals surface area contributed by atoms with E-state index < -0.39 is 21.7 Å². The van der Waals surface area contributed by atoms with E-state index in [4.69, 9.17) is 5.11 Å². The number of benzene rings is 2. The Morgan fingerprint density at radius 2 is 1.62 bits per heavy atom. The number of carbonyl (C=O) groups excluding carboxylic acids is 1. The second kappa shape index (κ2) is 8.50. The van der Waals surface area contributed by atoms with E-state index >= 15 is 0 Å². The van der Waals surface area contributed by atoms with E-state index in [1.807, 2.05) is 6.92 Å². The lowest BCUT2D eigenvalue weighted by Crippen LogP contribution is -2.12. The van der Waals surface area contributed by atoms with Gasteiger partial charge in [-0.1, -0.05) is 29.0 Å². The number of hydrogen-bond acceptors (Lipinski definition) is 7. The second-order valence-corrected chi connectivity index (χ2v) is 9.39. The van der Waals surface area contributed by atoms with E-state index in [2.05, 4.69) is 15.5 Å². The van der Waals surface area contributed by atoms with Crippen molar-refractivity contribution in [2.45, 2.75) is 18.2 Å². The van der Waals surface area contributed by atoms with Crippen LogP contribution in [0.2, 0.25) is 0 Å². The highest BCUT2D eigenvalue weighted by Crippen LogP contribution is 2.19. The molecule has 0 bridgehead atoms. The number of hydrogen-bond donors (Lipinski definition) is 2. The first-order valence-electron chi connectivity index (χ1n) is 8.51. The zero-order valence-electron chi connectivity index (χ0n) is 15.3. The molecule has 1 aromatic heterocycles. The topological polar surface area (TPSA) is 126 Å².